The number of azide groups is 1. The fourth-order valence-electron chi connectivity index (χ4n) is 1.66. The van der Waals surface area contributed by atoms with Gasteiger partial charge in [-0.1, -0.05) is 32.0 Å². The van der Waals surface area contributed by atoms with Gasteiger partial charge in [0.15, 0.2) is 0 Å². The maximum absolute atomic E-state index is 10.8. The Morgan fingerprint density at radius 3 is 1.69 bits per heavy atom. The number of nitrogens with zero attached hydrogens (tertiary/aromatic N) is 6. The van der Waals surface area contributed by atoms with Gasteiger partial charge in [-0.15, -0.1) is 0 Å². The van der Waals surface area contributed by atoms with E-state index in [4.69, 9.17) is 16.6 Å². The molecule has 0 aliphatic carbocycles. The van der Waals surface area contributed by atoms with Crippen molar-refractivity contribution in [2.75, 3.05) is 27.6 Å². The van der Waals surface area contributed by atoms with Gasteiger partial charge in [-0.05, 0) is 24.8 Å². The largest absolute Gasteiger partial charge is 1.00 e. The van der Waals surface area contributed by atoms with Crippen molar-refractivity contribution in [3.8, 4) is 0 Å². The van der Waals surface area contributed by atoms with Crippen LogP contribution in [0.5, 0.6) is 0 Å². The summed E-state index contributed by atoms with van der Waals surface area (Å²) in [5, 5.41) is 3.41. The van der Waals surface area contributed by atoms with E-state index in [0.29, 0.717) is 12.8 Å². The van der Waals surface area contributed by atoms with Gasteiger partial charge in [-0.2, -0.15) is 8.42 Å². The first kappa shape index (κ1) is 43.7. The molecule has 0 saturated heterocycles. The second-order valence-electron chi connectivity index (χ2n) is 6.08. The Balaban J connectivity index is -0.000000127. The molecule has 36 heavy (non-hydrogen) atoms. The zero-order valence-electron chi connectivity index (χ0n) is 22.1. The quantitative estimate of drug-likeness (QED) is 0.0523. The predicted molar refractivity (Wildman–Crippen MR) is 128 cm³/mol. The zero-order valence-corrected chi connectivity index (χ0v) is 24.9. The van der Waals surface area contributed by atoms with E-state index in [2.05, 4.69) is 28.4 Å². The Morgan fingerprint density at radius 1 is 0.917 bits per heavy atom. The van der Waals surface area contributed by atoms with Gasteiger partial charge in [0.1, 0.15) is 0 Å². The maximum atomic E-state index is 10.8. The fraction of sp³-hybridized carbons (Fsp3) is 0.737. The number of hydrogen-bond acceptors (Lipinski definition) is 10. The summed E-state index contributed by atoms with van der Waals surface area (Å²) in [5.41, 5.74) is 21.6. The van der Waals surface area contributed by atoms with Gasteiger partial charge in [0, 0.05) is 17.0 Å². The van der Waals surface area contributed by atoms with Crippen LogP contribution >= 0.6 is 0 Å². The van der Waals surface area contributed by atoms with E-state index in [9.17, 15) is 22.8 Å². The van der Waals surface area contributed by atoms with Crippen LogP contribution in [0.15, 0.2) is 17.3 Å². The van der Waals surface area contributed by atoms with Gasteiger partial charge < -0.3 is 25.3 Å². The molecule has 0 bridgehead atoms. The molecule has 0 unspecified atom stereocenters. The number of allylic oxidation sites excluding steroid dienone is 1. The first-order chi connectivity index (χ1) is 16.3. The molecule has 202 valence electrons. The molecule has 0 amide bonds. The van der Waals surface area contributed by atoms with E-state index in [1.807, 2.05) is 13.8 Å². The summed E-state index contributed by atoms with van der Waals surface area (Å²) in [5.74, 6) is -1.10. The summed E-state index contributed by atoms with van der Waals surface area (Å²) >= 11 is 0. The molecule has 0 N–H and O–H groups in total. The number of rotatable bonds is 11. The number of carbonyl (C=O) groups is 3. The topological polar surface area (TPSA) is 230 Å². The van der Waals surface area contributed by atoms with Crippen LogP contribution in [0, 0.1) is 0 Å². The Bertz CT molecular complexity index is 812. The molecular weight excluding hydrogens is 511 g/mol. The van der Waals surface area contributed by atoms with Crippen molar-refractivity contribution in [1.82, 2.24) is 0 Å². The standard InChI is InChI=1S/C7H14O5S.C6H11N3O2.C6H10O2.N3.Na/c1-4-6(5-7(8)11-2)12-13(3,9)10;1-3-5(8-9-7)4-6(10)11-2;1-3-4-5-6(7)8-2;1-3-2;/h6H,4-5H2,1-3H3;5H,3-4H2,1-2H3;4-5H,3H2,1-2H3;;/q;;;-1;+1/t6-;5-;;;/m10.../s1. The summed E-state index contributed by atoms with van der Waals surface area (Å²) in [6.45, 7) is 5.54. The van der Waals surface area contributed by atoms with Crippen molar-refractivity contribution in [3.63, 3.8) is 0 Å². The summed E-state index contributed by atoms with van der Waals surface area (Å²) in [6.07, 6.45) is 5.59. The Labute approximate surface area is 234 Å². The van der Waals surface area contributed by atoms with E-state index in [-0.39, 0.29) is 60.4 Å². The molecule has 0 saturated carbocycles. The summed E-state index contributed by atoms with van der Waals surface area (Å²) in [4.78, 5) is 35.8. The third-order valence-electron chi connectivity index (χ3n) is 3.40. The van der Waals surface area contributed by atoms with Crippen LogP contribution in [0.2, 0.25) is 0 Å². The third-order valence-corrected chi connectivity index (χ3v) is 4.02. The Kier molecular flexibility index (Phi) is 37.3. The monoisotopic (exact) mass is 546 g/mol. The van der Waals surface area contributed by atoms with E-state index in [1.54, 1.807) is 13.0 Å². The molecule has 0 spiro atoms. The average Bonchev–Trinajstić information content (AvgIpc) is 2.81. The molecule has 17 heteroatoms. The minimum Gasteiger partial charge on any atom is -0.469 e. The second-order valence-corrected chi connectivity index (χ2v) is 7.68. The molecule has 0 aliphatic heterocycles. The second kappa shape index (κ2) is 30.7. The van der Waals surface area contributed by atoms with Gasteiger partial charge in [-0.3, -0.25) is 18.7 Å². The minimum atomic E-state index is -3.50. The van der Waals surface area contributed by atoms with Crippen LogP contribution in [-0.4, -0.2) is 66.1 Å². The molecule has 0 rings (SSSR count). The summed E-state index contributed by atoms with van der Waals surface area (Å²) < 4.78 is 39.1. The fourth-order valence-corrected chi connectivity index (χ4v) is 2.36. The summed E-state index contributed by atoms with van der Waals surface area (Å²) in [6, 6.07) is -0.271. The molecule has 0 aromatic heterocycles. The Morgan fingerprint density at radius 2 is 1.39 bits per heavy atom. The van der Waals surface area contributed by atoms with Crippen LogP contribution in [0.25, 0.3) is 26.4 Å². The molecule has 0 aromatic rings. The molecule has 0 fully saturated rings. The predicted octanol–water partition coefficient (Wildman–Crippen LogP) is 0.938. The van der Waals surface area contributed by atoms with Crippen LogP contribution in [0.4, 0.5) is 0 Å². The van der Waals surface area contributed by atoms with Crippen molar-refractivity contribution in [3.05, 3.63) is 38.6 Å². The van der Waals surface area contributed by atoms with Gasteiger partial charge in [0.2, 0.25) is 0 Å². The Hall–Kier alpha value is -2.32. The normalized spacial score (nSPS) is 10.9. The van der Waals surface area contributed by atoms with Crippen molar-refractivity contribution < 1.29 is 70.8 Å². The molecule has 0 aliphatic rings. The maximum Gasteiger partial charge on any atom is 1.00 e. The van der Waals surface area contributed by atoms with Crippen molar-refractivity contribution in [2.24, 2.45) is 5.11 Å². The van der Waals surface area contributed by atoms with Gasteiger partial charge in [0.05, 0.1) is 46.5 Å². The number of esters is 3. The first-order valence-electron chi connectivity index (χ1n) is 10.1. The van der Waals surface area contributed by atoms with Crippen LogP contribution < -0.4 is 29.6 Å². The summed E-state index contributed by atoms with van der Waals surface area (Å²) in [7, 11) is 0.423. The minimum absolute atomic E-state index is 0. The van der Waals surface area contributed by atoms with Crippen molar-refractivity contribution >= 4 is 28.0 Å². The number of carbonyl (C=O) groups excluding carboxylic acids is 3. The SMILES string of the molecule is CCC=CC(=O)OC.CC[C@@H](CC(=O)OC)N=[N+]=[N-].CC[C@H](CC(=O)OC)OS(C)(=O)=O.[N-]=[N+]=[N-].[Na+]. The molecule has 0 aromatic carbocycles. The molecule has 2 atom stereocenters. The zero-order chi connectivity index (χ0) is 28.3. The van der Waals surface area contributed by atoms with E-state index < -0.39 is 22.2 Å². The van der Waals surface area contributed by atoms with Gasteiger partial charge in [-0.25, -0.2) is 4.79 Å². The van der Waals surface area contributed by atoms with Gasteiger partial charge in [0.25, 0.3) is 10.1 Å². The van der Waals surface area contributed by atoms with E-state index in [1.165, 1.54) is 32.3 Å². The van der Waals surface area contributed by atoms with E-state index in [0.717, 1.165) is 12.7 Å². The first-order valence-corrected chi connectivity index (χ1v) is 12.0. The molecule has 15 nitrogen and oxygen atoms in total. The molecule has 0 radical (unpaired) electrons. The van der Waals surface area contributed by atoms with Crippen LogP contribution in [-0.2, 0) is 42.9 Å². The van der Waals surface area contributed by atoms with Crippen LogP contribution in [0.1, 0.15) is 52.9 Å². The van der Waals surface area contributed by atoms with Crippen LogP contribution in [0.3, 0.4) is 0 Å². The molecular formula is C19H35N6NaO9S. The third kappa shape index (κ3) is 38.9. The molecule has 0 heterocycles. The van der Waals surface area contributed by atoms with Crippen molar-refractivity contribution in [2.45, 2.75) is 65.0 Å². The number of ether oxygens (including phenoxy) is 3. The van der Waals surface area contributed by atoms with Gasteiger partial charge >= 0.3 is 47.5 Å². The number of methoxy groups -OCH3 is 3. The van der Waals surface area contributed by atoms with E-state index >= 15 is 0 Å². The number of hydrogen-bond donors (Lipinski definition) is 0. The smallest absolute Gasteiger partial charge is 0.469 e. The van der Waals surface area contributed by atoms with Crippen molar-refractivity contribution in [1.29, 1.82) is 0 Å². The average molecular weight is 547 g/mol.